The molecule has 1 aromatic rings. The van der Waals surface area contributed by atoms with Gasteiger partial charge in [-0.25, -0.2) is 0 Å². The van der Waals surface area contributed by atoms with Crippen LogP contribution in [0.15, 0.2) is 35.3 Å². The summed E-state index contributed by atoms with van der Waals surface area (Å²) in [7, 11) is 1.81. The van der Waals surface area contributed by atoms with E-state index in [9.17, 15) is 0 Å². The highest BCUT2D eigenvalue weighted by molar-refractivity contribution is 5.79. The fourth-order valence-electron chi connectivity index (χ4n) is 2.76. The first-order chi connectivity index (χ1) is 10.2. The van der Waals surface area contributed by atoms with Crippen LogP contribution in [0, 0.1) is 5.92 Å². The Kier molecular flexibility index (Phi) is 6.05. The first kappa shape index (κ1) is 15.8. The van der Waals surface area contributed by atoms with E-state index < -0.39 is 0 Å². The summed E-state index contributed by atoms with van der Waals surface area (Å²) in [4.78, 5) is 4.26. The number of hydrogen-bond acceptors (Lipinski definition) is 2. The molecule has 1 aromatic carbocycles. The largest absolute Gasteiger partial charge is 0.373 e. The molecule has 2 atom stereocenters. The molecule has 4 nitrogen and oxygen atoms in total. The lowest BCUT2D eigenvalue weighted by atomic mass is 9.89. The molecule has 0 aromatic heterocycles. The normalized spacial score (nSPS) is 23.1. The summed E-state index contributed by atoms with van der Waals surface area (Å²) in [6.07, 6.45) is 2.50. The summed E-state index contributed by atoms with van der Waals surface area (Å²) in [6, 6.07) is 10.9. The Morgan fingerprint density at radius 1 is 1.33 bits per heavy atom. The van der Waals surface area contributed by atoms with Crippen molar-refractivity contribution in [1.82, 2.24) is 10.6 Å². The van der Waals surface area contributed by atoms with Crippen molar-refractivity contribution in [3.8, 4) is 0 Å². The minimum absolute atomic E-state index is 0.185. The SMILES string of the molecule is CN=C(NCC1CCCOC1c1ccccc1)NC(C)C. The molecule has 0 bridgehead atoms. The van der Waals surface area contributed by atoms with E-state index in [2.05, 4.69) is 53.7 Å². The molecule has 1 aliphatic rings. The summed E-state index contributed by atoms with van der Waals surface area (Å²) >= 11 is 0. The molecule has 116 valence electrons. The maximum atomic E-state index is 6.02. The van der Waals surface area contributed by atoms with Crippen LogP contribution in [0.4, 0.5) is 0 Å². The van der Waals surface area contributed by atoms with Gasteiger partial charge in [-0.05, 0) is 32.3 Å². The van der Waals surface area contributed by atoms with Crippen LogP contribution < -0.4 is 10.6 Å². The molecule has 0 radical (unpaired) electrons. The highest BCUT2D eigenvalue weighted by Crippen LogP contribution is 2.32. The maximum Gasteiger partial charge on any atom is 0.191 e. The van der Waals surface area contributed by atoms with Gasteiger partial charge in [-0.1, -0.05) is 30.3 Å². The van der Waals surface area contributed by atoms with Crippen molar-refractivity contribution < 1.29 is 4.74 Å². The number of guanidine groups is 1. The third-order valence-corrected chi connectivity index (χ3v) is 3.75. The van der Waals surface area contributed by atoms with Gasteiger partial charge in [0.25, 0.3) is 0 Å². The summed E-state index contributed by atoms with van der Waals surface area (Å²) in [5.74, 6) is 1.34. The molecule has 2 unspecified atom stereocenters. The maximum absolute atomic E-state index is 6.02. The van der Waals surface area contributed by atoms with Crippen molar-refractivity contribution in [1.29, 1.82) is 0 Å². The fraction of sp³-hybridized carbons (Fsp3) is 0.588. The monoisotopic (exact) mass is 289 g/mol. The molecule has 2 rings (SSSR count). The number of aliphatic imine (C=N–C) groups is 1. The first-order valence-corrected chi connectivity index (χ1v) is 7.84. The molecule has 1 saturated heterocycles. The number of nitrogens with zero attached hydrogens (tertiary/aromatic N) is 1. The fourth-order valence-corrected chi connectivity index (χ4v) is 2.76. The minimum atomic E-state index is 0.185. The van der Waals surface area contributed by atoms with Crippen LogP contribution in [0.3, 0.4) is 0 Å². The standard InChI is InChI=1S/C17H27N3O/c1-13(2)20-17(18-3)19-12-15-10-7-11-21-16(15)14-8-5-4-6-9-14/h4-6,8-9,13,15-16H,7,10-12H2,1-3H3,(H2,18,19,20). The Labute approximate surface area is 128 Å². The molecule has 0 saturated carbocycles. The Balaban J connectivity index is 1.96. The molecule has 0 spiro atoms. The van der Waals surface area contributed by atoms with Crippen molar-refractivity contribution in [2.24, 2.45) is 10.9 Å². The van der Waals surface area contributed by atoms with E-state index >= 15 is 0 Å². The van der Waals surface area contributed by atoms with E-state index in [0.29, 0.717) is 12.0 Å². The Morgan fingerprint density at radius 2 is 2.10 bits per heavy atom. The summed E-state index contributed by atoms with van der Waals surface area (Å²) in [5, 5.41) is 6.75. The third kappa shape index (κ3) is 4.74. The second-order valence-corrected chi connectivity index (χ2v) is 5.86. The van der Waals surface area contributed by atoms with Gasteiger partial charge in [0, 0.05) is 32.2 Å². The van der Waals surface area contributed by atoms with Gasteiger partial charge in [-0.2, -0.15) is 0 Å². The molecular formula is C17H27N3O. The zero-order valence-corrected chi connectivity index (χ0v) is 13.3. The van der Waals surface area contributed by atoms with Crippen molar-refractivity contribution in [3.05, 3.63) is 35.9 Å². The van der Waals surface area contributed by atoms with Crippen molar-refractivity contribution in [2.45, 2.75) is 38.8 Å². The number of nitrogens with one attached hydrogen (secondary N) is 2. The molecule has 2 N–H and O–H groups in total. The highest BCUT2D eigenvalue weighted by Gasteiger charge is 2.27. The second-order valence-electron chi connectivity index (χ2n) is 5.86. The van der Waals surface area contributed by atoms with Crippen molar-refractivity contribution in [3.63, 3.8) is 0 Å². The smallest absolute Gasteiger partial charge is 0.191 e. The lowest BCUT2D eigenvalue weighted by Crippen LogP contribution is -2.44. The van der Waals surface area contributed by atoms with Crippen molar-refractivity contribution >= 4 is 5.96 Å². The topological polar surface area (TPSA) is 45.7 Å². The number of rotatable bonds is 4. The highest BCUT2D eigenvalue weighted by atomic mass is 16.5. The third-order valence-electron chi connectivity index (χ3n) is 3.75. The van der Waals surface area contributed by atoms with Gasteiger partial charge >= 0.3 is 0 Å². The van der Waals surface area contributed by atoms with Crippen LogP contribution in [0.1, 0.15) is 38.4 Å². The van der Waals surface area contributed by atoms with Crippen LogP contribution in [0.2, 0.25) is 0 Å². The predicted molar refractivity (Wildman–Crippen MR) is 87.5 cm³/mol. The summed E-state index contributed by atoms with van der Waals surface area (Å²) < 4.78 is 6.02. The minimum Gasteiger partial charge on any atom is -0.373 e. The van der Waals surface area contributed by atoms with Crippen LogP contribution in [-0.2, 0) is 4.74 Å². The lowest BCUT2D eigenvalue weighted by Gasteiger charge is -2.32. The van der Waals surface area contributed by atoms with Crippen LogP contribution in [-0.4, -0.2) is 32.2 Å². The molecule has 1 aliphatic heterocycles. The number of hydrogen-bond donors (Lipinski definition) is 2. The van der Waals surface area contributed by atoms with Gasteiger partial charge in [0.1, 0.15) is 0 Å². The zero-order chi connectivity index (χ0) is 15.1. The van der Waals surface area contributed by atoms with E-state index in [4.69, 9.17) is 4.74 Å². The summed E-state index contributed by atoms with van der Waals surface area (Å²) in [6.45, 7) is 5.97. The Hall–Kier alpha value is -1.55. The van der Waals surface area contributed by atoms with E-state index in [-0.39, 0.29) is 6.10 Å². The first-order valence-electron chi connectivity index (χ1n) is 7.84. The van der Waals surface area contributed by atoms with E-state index in [1.807, 2.05) is 13.1 Å². The zero-order valence-electron chi connectivity index (χ0n) is 13.3. The van der Waals surface area contributed by atoms with Gasteiger partial charge in [0.15, 0.2) is 5.96 Å². The van der Waals surface area contributed by atoms with Crippen molar-refractivity contribution in [2.75, 3.05) is 20.2 Å². The van der Waals surface area contributed by atoms with E-state index in [1.54, 1.807) is 0 Å². The number of ether oxygens (including phenoxy) is 1. The van der Waals surface area contributed by atoms with Crippen LogP contribution in [0.5, 0.6) is 0 Å². The quantitative estimate of drug-likeness (QED) is 0.662. The van der Waals surface area contributed by atoms with Crippen LogP contribution in [0.25, 0.3) is 0 Å². The Bertz CT molecular complexity index is 445. The predicted octanol–water partition coefficient (Wildman–Crippen LogP) is 2.73. The molecule has 21 heavy (non-hydrogen) atoms. The molecule has 1 fully saturated rings. The van der Waals surface area contributed by atoms with Gasteiger partial charge in [0.05, 0.1) is 6.10 Å². The molecule has 4 heteroatoms. The molecule has 0 amide bonds. The summed E-state index contributed by atoms with van der Waals surface area (Å²) in [5.41, 5.74) is 1.27. The average molecular weight is 289 g/mol. The second kappa shape index (κ2) is 8.03. The van der Waals surface area contributed by atoms with Gasteiger partial charge in [-0.15, -0.1) is 0 Å². The number of benzene rings is 1. The lowest BCUT2D eigenvalue weighted by molar-refractivity contribution is -0.0265. The van der Waals surface area contributed by atoms with Crippen LogP contribution >= 0.6 is 0 Å². The van der Waals surface area contributed by atoms with Gasteiger partial charge in [-0.3, -0.25) is 4.99 Å². The molecule has 0 aliphatic carbocycles. The van der Waals surface area contributed by atoms with E-state index in [0.717, 1.165) is 25.5 Å². The molecule has 1 heterocycles. The van der Waals surface area contributed by atoms with Gasteiger partial charge < -0.3 is 15.4 Å². The van der Waals surface area contributed by atoms with E-state index in [1.165, 1.54) is 12.0 Å². The Morgan fingerprint density at radius 3 is 2.76 bits per heavy atom. The molecular weight excluding hydrogens is 262 g/mol. The van der Waals surface area contributed by atoms with Gasteiger partial charge in [0.2, 0.25) is 0 Å². The average Bonchev–Trinajstić information content (AvgIpc) is 2.52.